The molecule has 0 aromatic carbocycles. The summed E-state index contributed by atoms with van der Waals surface area (Å²) in [4.78, 5) is 14.0. The second-order valence-electron chi connectivity index (χ2n) is 4.41. The number of nitrogens with zero attached hydrogens (tertiary/aromatic N) is 1. The van der Waals surface area contributed by atoms with Gasteiger partial charge in [0.1, 0.15) is 0 Å². The van der Waals surface area contributed by atoms with E-state index in [1.54, 1.807) is 0 Å². The van der Waals surface area contributed by atoms with Gasteiger partial charge in [0.05, 0.1) is 19.3 Å². The Kier molecular flexibility index (Phi) is 7.97. The van der Waals surface area contributed by atoms with Crippen molar-refractivity contribution in [3.05, 3.63) is 0 Å². The van der Waals surface area contributed by atoms with Gasteiger partial charge in [0.2, 0.25) is 5.91 Å². The van der Waals surface area contributed by atoms with Crippen molar-refractivity contribution >= 4 is 5.91 Å². The second kappa shape index (κ2) is 9.25. The average molecular weight is 274 g/mol. The minimum atomic E-state index is -0.296. The molecule has 0 aromatic heterocycles. The third-order valence-corrected chi connectivity index (χ3v) is 2.99. The Labute approximate surface area is 115 Å². The summed E-state index contributed by atoms with van der Waals surface area (Å²) in [5.74, 6) is 0.107. The van der Waals surface area contributed by atoms with E-state index >= 15 is 0 Å². The molecule has 1 amide bonds. The Balaban J connectivity index is 2.31. The lowest BCUT2D eigenvalue weighted by Gasteiger charge is -2.30. The monoisotopic (exact) mass is 274 g/mol. The Bertz CT molecular complexity index is 251. The smallest absolute Gasteiger partial charge is 0.239 e. The van der Waals surface area contributed by atoms with E-state index in [0.29, 0.717) is 46.1 Å². The molecule has 0 aromatic rings. The number of hydrogen-bond donors (Lipinski definition) is 1. The van der Waals surface area contributed by atoms with Gasteiger partial charge < -0.3 is 24.4 Å². The molecular formula is C13H26N2O4. The second-order valence-corrected chi connectivity index (χ2v) is 4.41. The minimum absolute atomic E-state index is 0.107. The number of nitrogens with one attached hydrogen (secondary N) is 1. The van der Waals surface area contributed by atoms with Crippen molar-refractivity contribution in [2.45, 2.75) is 33.1 Å². The summed E-state index contributed by atoms with van der Waals surface area (Å²) in [6.07, 6.45) is -0.296. The third kappa shape index (κ3) is 5.86. The van der Waals surface area contributed by atoms with Gasteiger partial charge >= 0.3 is 0 Å². The molecule has 1 N–H and O–H groups in total. The number of amides is 1. The molecule has 1 unspecified atom stereocenters. The predicted molar refractivity (Wildman–Crippen MR) is 71.9 cm³/mol. The maximum Gasteiger partial charge on any atom is 0.239 e. The Morgan fingerprint density at radius 1 is 1.26 bits per heavy atom. The van der Waals surface area contributed by atoms with E-state index in [1.165, 1.54) is 0 Å². The van der Waals surface area contributed by atoms with Crippen molar-refractivity contribution < 1.29 is 19.0 Å². The van der Waals surface area contributed by atoms with Crippen molar-refractivity contribution in [3.8, 4) is 0 Å². The maximum atomic E-state index is 12.2. The molecule has 1 aliphatic rings. The van der Waals surface area contributed by atoms with Crippen LogP contribution in [0.1, 0.15) is 20.8 Å². The van der Waals surface area contributed by atoms with Crippen LogP contribution in [0.3, 0.4) is 0 Å². The van der Waals surface area contributed by atoms with Crippen LogP contribution < -0.4 is 5.32 Å². The third-order valence-electron chi connectivity index (χ3n) is 2.99. The van der Waals surface area contributed by atoms with Crippen molar-refractivity contribution in [1.29, 1.82) is 0 Å². The zero-order valence-electron chi connectivity index (χ0n) is 12.2. The van der Waals surface area contributed by atoms with Gasteiger partial charge in [-0.05, 0) is 20.8 Å². The molecule has 1 fully saturated rings. The van der Waals surface area contributed by atoms with Gasteiger partial charge in [-0.2, -0.15) is 0 Å². The van der Waals surface area contributed by atoms with Crippen LogP contribution in [0.5, 0.6) is 0 Å². The number of carbonyl (C=O) groups is 1. The number of carbonyl (C=O) groups excluding carboxylic acids is 1. The first-order valence-corrected chi connectivity index (χ1v) is 7.02. The van der Waals surface area contributed by atoms with E-state index < -0.39 is 0 Å². The standard InChI is InChI=1S/C13H26N2O4/c1-4-18-12(19-5-2)10-14-11(3)13(16)15-6-8-17-9-7-15/h11-12,14H,4-10H2,1-3H3. The molecule has 112 valence electrons. The van der Waals surface area contributed by atoms with E-state index in [1.807, 2.05) is 25.7 Å². The summed E-state index contributed by atoms with van der Waals surface area (Å²) < 4.78 is 16.1. The highest BCUT2D eigenvalue weighted by atomic mass is 16.7. The van der Waals surface area contributed by atoms with Gasteiger partial charge in [0, 0.05) is 32.8 Å². The fraction of sp³-hybridized carbons (Fsp3) is 0.923. The summed E-state index contributed by atoms with van der Waals surface area (Å²) >= 11 is 0. The van der Waals surface area contributed by atoms with Gasteiger partial charge in [-0.1, -0.05) is 0 Å². The van der Waals surface area contributed by atoms with Crippen LogP contribution in [0.2, 0.25) is 0 Å². The molecule has 0 aliphatic carbocycles. The van der Waals surface area contributed by atoms with E-state index in [9.17, 15) is 4.79 Å². The fourth-order valence-electron chi connectivity index (χ4n) is 1.96. The van der Waals surface area contributed by atoms with Gasteiger partial charge in [0.25, 0.3) is 0 Å². The van der Waals surface area contributed by atoms with Crippen LogP contribution in [-0.4, -0.2) is 69.2 Å². The largest absolute Gasteiger partial charge is 0.378 e. The molecule has 6 heteroatoms. The number of rotatable bonds is 8. The summed E-state index contributed by atoms with van der Waals surface area (Å²) in [5.41, 5.74) is 0. The predicted octanol–water partition coefficient (Wildman–Crippen LogP) is 0.222. The lowest BCUT2D eigenvalue weighted by Crippen LogP contribution is -2.50. The lowest BCUT2D eigenvalue weighted by atomic mass is 10.2. The quantitative estimate of drug-likeness (QED) is 0.642. The fourth-order valence-corrected chi connectivity index (χ4v) is 1.96. The first kappa shape index (κ1) is 16.4. The number of ether oxygens (including phenoxy) is 3. The highest BCUT2D eigenvalue weighted by Gasteiger charge is 2.22. The van der Waals surface area contributed by atoms with E-state index in [0.717, 1.165) is 0 Å². The topological polar surface area (TPSA) is 60.0 Å². The van der Waals surface area contributed by atoms with Crippen molar-refractivity contribution in [1.82, 2.24) is 10.2 Å². The van der Waals surface area contributed by atoms with Gasteiger partial charge in [-0.3, -0.25) is 4.79 Å². The highest BCUT2D eigenvalue weighted by Crippen LogP contribution is 2.01. The molecule has 1 atom stereocenters. The van der Waals surface area contributed by atoms with Crippen molar-refractivity contribution in [2.75, 3.05) is 46.1 Å². The number of morpholine rings is 1. The van der Waals surface area contributed by atoms with Crippen LogP contribution in [0.15, 0.2) is 0 Å². The van der Waals surface area contributed by atoms with Crippen LogP contribution in [-0.2, 0) is 19.0 Å². The molecule has 1 aliphatic heterocycles. The minimum Gasteiger partial charge on any atom is -0.378 e. The van der Waals surface area contributed by atoms with Crippen molar-refractivity contribution in [2.24, 2.45) is 0 Å². The van der Waals surface area contributed by atoms with Gasteiger partial charge in [-0.25, -0.2) is 0 Å². The zero-order chi connectivity index (χ0) is 14.1. The average Bonchev–Trinajstić information content (AvgIpc) is 2.45. The molecule has 0 radical (unpaired) electrons. The molecule has 19 heavy (non-hydrogen) atoms. The van der Waals surface area contributed by atoms with E-state index in [2.05, 4.69) is 5.32 Å². The Morgan fingerprint density at radius 2 is 1.84 bits per heavy atom. The Hall–Kier alpha value is -0.690. The van der Waals surface area contributed by atoms with Gasteiger partial charge in [-0.15, -0.1) is 0 Å². The first-order chi connectivity index (χ1) is 9.19. The number of hydrogen-bond acceptors (Lipinski definition) is 5. The molecule has 1 saturated heterocycles. The Morgan fingerprint density at radius 3 is 2.37 bits per heavy atom. The van der Waals surface area contributed by atoms with Crippen LogP contribution in [0, 0.1) is 0 Å². The molecule has 6 nitrogen and oxygen atoms in total. The van der Waals surface area contributed by atoms with Crippen LogP contribution in [0.25, 0.3) is 0 Å². The summed E-state index contributed by atoms with van der Waals surface area (Å²) in [6, 6.07) is -0.235. The molecule has 1 rings (SSSR count). The molecule has 0 bridgehead atoms. The summed E-state index contributed by atoms with van der Waals surface area (Å²) in [5, 5.41) is 3.17. The molecule has 0 spiro atoms. The summed E-state index contributed by atoms with van der Waals surface area (Å²) in [6.45, 7) is 10.0. The highest BCUT2D eigenvalue weighted by molar-refractivity contribution is 5.81. The SMILES string of the molecule is CCOC(CNC(C)C(=O)N1CCOCC1)OCC. The summed E-state index contributed by atoms with van der Waals surface area (Å²) in [7, 11) is 0. The van der Waals surface area contributed by atoms with Crippen LogP contribution >= 0.6 is 0 Å². The molecule has 0 saturated carbocycles. The molecule has 1 heterocycles. The molecular weight excluding hydrogens is 248 g/mol. The van der Waals surface area contributed by atoms with Crippen LogP contribution in [0.4, 0.5) is 0 Å². The zero-order valence-corrected chi connectivity index (χ0v) is 12.2. The first-order valence-electron chi connectivity index (χ1n) is 7.02. The normalized spacial score (nSPS) is 17.8. The lowest BCUT2D eigenvalue weighted by molar-refractivity contribution is -0.142. The van der Waals surface area contributed by atoms with E-state index in [-0.39, 0.29) is 18.2 Å². The maximum absolute atomic E-state index is 12.2. The van der Waals surface area contributed by atoms with Gasteiger partial charge in [0.15, 0.2) is 6.29 Å². The van der Waals surface area contributed by atoms with Crippen molar-refractivity contribution in [3.63, 3.8) is 0 Å². The van der Waals surface area contributed by atoms with E-state index in [4.69, 9.17) is 14.2 Å².